The summed E-state index contributed by atoms with van der Waals surface area (Å²) in [6.45, 7) is 0. The third-order valence-corrected chi connectivity index (χ3v) is 4.28. The van der Waals surface area contributed by atoms with Gasteiger partial charge in [-0.15, -0.1) is 11.3 Å². The van der Waals surface area contributed by atoms with E-state index in [0.29, 0.717) is 10.8 Å². The molecule has 2 amide bonds. The molecule has 3 rings (SSSR count). The first-order valence-corrected chi connectivity index (χ1v) is 7.62. The highest BCUT2D eigenvalue weighted by atomic mass is 32.1. The summed E-state index contributed by atoms with van der Waals surface area (Å²) in [4.78, 5) is 34.7. The highest BCUT2D eigenvalue weighted by Crippen LogP contribution is 2.28. The second-order valence-corrected chi connectivity index (χ2v) is 5.81. The number of carbonyl (C=O) groups is 2. The molecule has 0 bridgehead atoms. The molecule has 0 spiro atoms. The van der Waals surface area contributed by atoms with Crippen LogP contribution in [-0.2, 0) is 14.4 Å². The number of β-lactam (4-membered cyclic amide) rings is 1. The molecule has 0 aromatic carbocycles. The molecule has 3 N–H and O–H groups in total. The van der Waals surface area contributed by atoms with Crippen LogP contribution in [0.15, 0.2) is 22.8 Å². The topological polar surface area (TPSA) is 110 Å². The fraction of sp³-hybridized carbons (Fsp3) is 0.385. The van der Waals surface area contributed by atoms with Crippen LogP contribution in [0.5, 0.6) is 0 Å². The molecule has 1 aromatic heterocycles. The first-order valence-electron chi connectivity index (χ1n) is 6.74. The zero-order chi connectivity index (χ0) is 15.7. The molecule has 0 aliphatic carbocycles. The van der Waals surface area contributed by atoms with E-state index in [1.165, 1.54) is 18.4 Å². The van der Waals surface area contributed by atoms with E-state index >= 15 is 0 Å². The number of allylic oxidation sites excluding steroid dienone is 1. The molecule has 2 aliphatic rings. The van der Waals surface area contributed by atoms with Gasteiger partial charge in [0, 0.05) is 11.6 Å². The molecule has 0 saturated carbocycles. The minimum atomic E-state index is -0.532. The van der Waals surface area contributed by atoms with Crippen LogP contribution in [0.25, 0.3) is 0 Å². The first kappa shape index (κ1) is 14.5. The van der Waals surface area contributed by atoms with E-state index in [2.05, 4.69) is 15.5 Å². The number of nitrogen functional groups attached to an aromatic ring is 1. The highest BCUT2D eigenvalue weighted by molar-refractivity contribution is 7.13. The summed E-state index contributed by atoms with van der Waals surface area (Å²) < 4.78 is 0. The van der Waals surface area contributed by atoms with Gasteiger partial charge in [-0.3, -0.25) is 9.59 Å². The van der Waals surface area contributed by atoms with Crippen molar-refractivity contribution in [2.45, 2.75) is 24.9 Å². The van der Waals surface area contributed by atoms with Crippen LogP contribution >= 0.6 is 11.3 Å². The number of nitrogens with one attached hydrogen (secondary N) is 1. The zero-order valence-corrected chi connectivity index (χ0v) is 12.7. The van der Waals surface area contributed by atoms with Gasteiger partial charge in [-0.25, -0.2) is 4.98 Å². The SMILES string of the molecule is CON=C(C(=O)NC1C(=O)N2C=CCCC12)c1csc(N)n1. The molecule has 0 radical (unpaired) electrons. The maximum absolute atomic E-state index is 12.4. The van der Waals surface area contributed by atoms with Gasteiger partial charge in [0.1, 0.15) is 18.8 Å². The van der Waals surface area contributed by atoms with Crippen LogP contribution in [-0.4, -0.2) is 46.6 Å². The minimum Gasteiger partial charge on any atom is -0.398 e. The van der Waals surface area contributed by atoms with E-state index in [-0.39, 0.29) is 17.7 Å². The fourth-order valence-corrected chi connectivity index (χ4v) is 3.12. The second-order valence-electron chi connectivity index (χ2n) is 4.92. The van der Waals surface area contributed by atoms with Gasteiger partial charge >= 0.3 is 0 Å². The average molecular weight is 321 g/mol. The lowest BCUT2D eigenvalue weighted by Gasteiger charge is -2.47. The Hall–Kier alpha value is -2.42. The molecule has 2 atom stereocenters. The van der Waals surface area contributed by atoms with E-state index < -0.39 is 11.9 Å². The van der Waals surface area contributed by atoms with E-state index in [1.54, 1.807) is 16.5 Å². The Morgan fingerprint density at radius 2 is 2.45 bits per heavy atom. The summed E-state index contributed by atoms with van der Waals surface area (Å²) in [5.41, 5.74) is 5.91. The van der Waals surface area contributed by atoms with Crippen molar-refractivity contribution in [2.75, 3.05) is 12.8 Å². The Bertz CT molecular complexity index is 668. The van der Waals surface area contributed by atoms with E-state index in [4.69, 9.17) is 10.6 Å². The van der Waals surface area contributed by atoms with Crippen LogP contribution in [0, 0.1) is 0 Å². The van der Waals surface area contributed by atoms with Crippen LogP contribution in [0.2, 0.25) is 0 Å². The number of carbonyl (C=O) groups excluding carboxylic acids is 2. The number of oxime groups is 1. The molecule has 1 fully saturated rings. The van der Waals surface area contributed by atoms with E-state index in [0.717, 1.165) is 12.8 Å². The summed E-state index contributed by atoms with van der Waals surface area (Å²) in [5, 5.41) is 8.35. The number of amides is 2. The third kappa shape index (κ3) is 2.43. The molecule has 8 nitrogen and oxygen atoms in total. The normalized spacial score (nSPS) is 23.8. The van der Waals surface area contributed by atoms with E-state index in [9.17, 15) is 9.59 Å². The lowest BCUT2D eigenvalue weighted by molar-refractivity contribution is -0.148. The Morgan fingerprint density at radius 3 is 3.14 bits per heavy atom. The number of fused-ring (bicyclic) bond motifs is 1. The average Bonchev–Trinajstić information content (AvgIpc) is 2.95. The van der Waals surface area contributed by atoms with Gasteiger partial charge < -0.3 is 20.8 Å². The monoisotopic (exact) mass is 321 g/mol. The van der Waals surface area contributed by atoms with Crippen molar-refractivity contribution in [1.29, 1.82) is 0 Å². The molecular formula is C13H15N5O3S. The molecule has 3 heterocycles. The fourth-order valence-electron chi connectivity index (χ4n) is 2.57. The Labute approximate surface area is 130 Å². The molecule has 1 saturated heterocycles. The Balaban J connectivity index is 1.74. The summed E-state index contributed by atoms with van der Waals surface area (Å²) in [6, 6.07) is -0.527. The van der Waals surface area contributed by atoms with Gasteiger partial charge in [-0.05, 0) is 12.8 Å². The summed E-state index contributed by atoms with van der Waals surface area (Å²) in [7, 11) is 1.34. The maximum atomic E-state index is 12.4. The Morgan fingerprint density at radius 1 is 1.64 bits per heavy atom. The van der Waals surface area contributed by atoms with Crippen molar-refractivity contribution in [3.8, 4) is 0 Å². The van der Waals surface area contributed by atoms with Crippen molar-refractivity contribution in [2.24, 2.45) is 5.16 Å². The van der Waals surface area contributed by atoms with Gasteiger partial charge in [0.25, 0.3) is 11.8 Å². The number of rotatable bonds is 4. The zero-order valence-electron chi connectivity index (χ0n) is 11.9. The van der Waals surface area contributed by atoms with Crippen molar-refractivity contribution >= 4 is 34.0 Å². The standard InChI is InChI=1S/C13H15N5O3S/c1-21-17-9(7-6-22-13(14)15-7)11(19)16-10-8-4-2-3-5-18(8)12(10)20/h3,5-6,8,10H,2,4H2,1H3,(H2,14,15)(H,16,19). The molecule has 116 valence electrons. The minimum absolute atomic E-state index is 0.00532. The number of anilines is 1. The highest BCUT2D eigenvalue weighted by Gasteiger charge is 2.47. The summed E-state index contributed by atoms with van der Waals surface area (Å²) in [6.07, 6.45) is 5.43. The predicted octanol–water partition coefficient (Wildman–Crippen LogP) is 0.0789. The van der Waals surface area contributed by atoms with Gasteiger partial charge in [0.05, 0.1) is 6.04 Å². The molecule has 22 heavy (non-hydrogen) atoms. The van der Waals surface area contributed by atoms with Crippen molar-refractivity contribution < 1.29 is 14.4 Å². The molecule has 1 aromatic rings. The molecule has 9 heteroatoms. The number of hydrogen-bond acceptors (Lipinski definition) is 7. The van der Waals surface area contributed by atoms with Gasteiger partial charge in [0.15, 0.2) is 10.8 Å². The van der Waals surface area contributed by atoms with Gasteiger partial charge in [-0.2, -0.15) is 0 Å². The van der Waals surface area contributed by atoms with Crippen molar-refractivity contribution in [3.63, 3.8) is 0 Å². The van der Waals surface area contributed by atoms with Crippen LogP contribution in [0.4, 0.5) is 5.13 Å². The van der Waals surface area contributed by atoms with Crippen molar-refractivity contribution in [1.82, 2.24) is 15.2 Å². The van der Waals surface area contributed by atoms with Crippen LogP contribution in [0.3, 0.4) is 0 Å². The van der Waals surface area contributed by atoms with Gasteiger partial charge in [-0.1, -0.05) is 11.2 Å². The number of nitrogens with zero attached hydrogens (tertiary/aromatic N) is 3. The first-order chi connectivity index (χ1) is 10.6. The molecule has 2 unspecified atom stereocenters. The van der Waals surface area contributed by atoms with Gasteiger partial charge in [0.2, 0.25) is 0 Å². The lowest BCUT2D eigenvalue weighted by atomic mass is 9.89. The molecular weight excluding hydrogens is 306 g/mol. The number of nitrogens with two attached hydrogens (primary N) is 1. The maximum Gasteiger partial charge on any atom is 0.276 e. The van der Waals surface area contributed by atoms with E-state index in [1.807, 2.05) is 6.08 Å². The number of aromatic nitrogens is 1. The summed E-state index contributed by atoms with van der Waals surface area (Å²) in [5.74, 6) is -0.622. The largest absolute Gasteiger partial charge is 0.398 e. The Kier molecular flexibility index (Phi) is 3.80. The molecule has 2 aliphatic heterocycles. The van der Waals surface area contributed by atoms with Crippen molar-refractivity contribution in [3.05, 3.63) is 23.3 Å². The lowest BCUT2D eigenvalue weighted by Crippen LogP contribution is -2.69. The summed E-state index contributed by atoms with van der Waals surface area (Å²) >= 11 is 1.20. The van der Waals surface area contributed by atoms with Crippen LogP contribution in [0.1, 0.15) is 18.5 Å². The number of hydrogen-bond donors (Lipinski definition) is 2. The van der Waals surface area contributed by atoms with Crippen LogP contribution < -0.4 is 11.1 Å². The number of thiazole rings is 1. The smallest absolute Gasteiger partial charge is 0.276 e. The predicted molar refractivity (Wildman–Crippen MR) is 81.0 cm³/mol. The quantitative estimate of drug-likeness (QED) is 0.463. The third-order valence-electron chi connectivity index (χ3n) is 3.61. The second kappa shape index (κ2) is 5.76.